The maximum atomic E-state index is 11.9. The Labute approximate surface area is 102 Å². The maximum Gasteiger partial charge on any atom is 0.333 e. The average Bonchev–Trinajstić information content (AvgIpc) is 2.81. The molecule has 1 aliphatic heterocycles. The molecule has 0 radical (unpaired) electrons. The molecule has 0 N–H and O–H groups in total. The van der Waals surface area contributed by atoms with Gasteiger partial charge in [-0.3, -0.25) is 0 Å². The lowest BCUT2D eigenvalue weighted by Crippen LogP contribution is -2.28. The van der Waals surface area contributed by atoms with E-state index < -0.39 is 5.97 Å². The average molecular weight is 236 g/mol. The summed E-state index contributed by atoms with van der Waals surface area (Å²) in [6.45, 7) is 3.96. The number of likely N-dealkylation sites (tertiary alicyclic amines) is 1. The van der Waals surface area contributed by atoms with E-state index >= 15 is 0 Å². The van der Waals surface area contributed by atoms with Gasteiger partial charge in [-0.25, -0.2) is 4.79 Å². The summed E-state index contributed by atoms with van der Waals surface area (Å²) in [4.78, 5) is 13.7. The van der Waals surface area contributed by atoms with E-state index in [1.54, 1.807) is 6.08 Å². The Kier molecular flexibility index (Phi) is 3.41. The zero-order chi connectivity index (χ0) is 12.4. The smallest absolute Gasteiger partial charge is 0.333 e. The highest BCUT2D eigenvalue weighted by molar-refractivity contribution is 5.90. The predicted octanol–water partition coefficient (Wildman–Crippen LogP) is 0.793. The first-order valence-electron chi connectivity index (χ1n) is 6.08. The van der Waals surface area contributed by atoms with Crippen molar-refractivity contribution in [3.8, 4) is 0 Å². The van der Waals surface area contributed by atoms with E-state index in [9.17, 15) is 9.90 Å². The molecule has 0 aromatic carbocycles. The Morgan fingerprint density at radius 3 is 2.65 bits per heavy atom. The zero-order valence-corrected chi connectivity index (χ0v) is 10.4. The third-order valence-electron chi connectivity index (χ3n) is 3.49. The second-order valence-electron chi connectivity index (χ2n) is 4.70. The molecule has 2 aliphatic rings. The lowest BCUT2D eigenvalue weighted by Gasteiger charge is -2.32. The Balaban J connectivity index is 2.24. The number of carbonyl (C=O) groups excluding carboxylic acids is 1. The Morgan fingerprint density at radius 1 is 1.47 bits per heavy atom. The van der Waals surface area contributed by atoms with Crippen LogP contribution in [0.1, 0.15) is 26.2 Å². The predicted molar refractivity (Wildman–Crippen MR) is 61.7 cm³/mol. The fraction of sp³-hybridized carbons (Fsp3) is 0.615. The van der Waals surface area contributed by atoms with Gasteiger partial charge in [0.15, 0.2) is 0 Å². The van der Waals surface area contributed by atoms with Crippen LogP contribution in [0, 0.1) is 5.92 Å². The normalized spacial score (nSPS) is 24.9. The molecule has 0 spiro atoms. The van der Waals surface area contributed by atoms with E-state index in [4.69, 9.17) is 0 Å². The molecular weight excluding hydrogens is 218 g/mol. The lowest BCUT2D eigenvalue weighted by atomic mass is 9.89. The number of hydrogen-bond acceptors (Lipinski definition) is 4. The van der Waals surface area contributed by atoms with Gasteiger partial charge in [0.1, 0.15) is 0 Å². The van der Waals surface area contributed by atoms with E-state index in [-0.39, 0.29) is 17.3 Å². The minimum Gasteiger partial charge on any atom is -0.872 e. The van der Waals surface area contributed by atoms with E-state index in [0.717, 1.165) is 25.2 Å². The number of ether oxygens (including phenoxy) is 1. The summed E-state index contributed by atoms with van der Waals surface area (Å²) in [6, 6.07) is 0. The van der Waals surface area contributed by atoms with Crippen molar-refractivity contribution in [1.29, 1.82) is 0 Å². The lowest BCUT2D eigenvalue weighted by molar-refractivity contribution is -0.297. The first kappa shape index (κ1) is 12.0. The fourth-order valence-electron chi connectivity index (χ4n) is 2.58. The van der Waals surface area contributed by atoms with Gasteiger partial charge < -0.3 is 14.7 Å². The van der Waals surface area contributed by atoms with Crippen molar-refractivity contribution in [2.45, 2.75) is 26.2 Å². The molecule has 0 bridgehead atoms. The number of esters is 1. The maximum absolute atomic E-state index is 11.9. The van der Waals surface area contributed by atoms with Gasteiger partial charge in [0.05, 0.1) is 7.11 Å². The molecule has 4 nitrogen and oxygen atoms in total. The molecule has 0 aromatic rings. The summed E-state index contributed by atoms with van der Waals surface area (Å²) in [5.41, 5.74) is 1.36. The SMILES string of the molecule is COC(=O)C1=C([O-])C=C(N2CCCC2)CC1C. The van der Waals surface area contributed by atoms with Crippen LogP contribution in [0.2, 0.25) is 0 Å². The van der Waals surface area contributed by atoms with Crippen LogP contribution >= 0.6 is 0 Å². The minimum absolute atomic E-state index is 0.0458. The van der Waals surface area contributed by atoms with Crippen LogP contribution in [0.3, 0.4) is 0 Å². The van der Waals surface area contributed by atoms with Gasteiger partial charge in [-0.2, -0.15) is 0 Å². The van der Waals surface area contributed by atoms with Gasteiger partial charge in [0.25, 0.3) is 0 Å². The molecule has 1 unspecified atom stereocenters. The summed E-state index contributed by atoms with van der Waals surface area (Å²) in [5.74, 6) is -0.715. The highest BCUT2D eigenvalue weighted by atomic mass is 16.5. The standard InChI is InChI=1S/C13H19NO3/c1-9-7-10(14-5-3-4-6-14)8-11(15)12(9)13(16)17-2/h8-9,15H,3-7H2,1-2H3/p-1. The van der Waals surface area contributed by atoms with Crippen LogP contribution < -0.4 is 5.11 Å². The first-order valence-corrected chi connectivity index (χ1v) is 6.08. The van der Waals surface area contributed by atoms with Crippen molar-refractivity contribution in [3.05, 3.63) is 23.1 Å². The van der Waals surface area contributed by atoms with Crippen molar-refractivity contribution in [2.75, 3.05) is 20.2 Å². The van der Waals surface area contributed by atoms with Crippen LogP contribution in [0.15, 0.2) is 23.1 Å². The van der Waals surface area contributed by atoms with Gasteiger partial charge in [-0.15, -0.1) is 0 Å². The molecule has 0 aromatic heterocycles. The first-order chi connectivity index (χ1) is 8.13. The third kappa shape index (κ3) is 2.30. The van der Waals surface area contributed by atoms with Gasteiger partial charge >= 0.3 is 5.97 Å². The van der Waals surface area contributed by atoms with E-state index in [2.05, 4.69) is 9.64 Å². The molecule has 1 saturated heterocycles. The molecule has 0 saturated carbocycles. The number of carbonyl (C=O) groups is 1. The quantitative estimate of drug-likeness (QED) is 0.665. The summed E-state index contributed by atoms with van der Waals surface area (Å²) >= 11 is 0. The van der Waals surface area contributed by atoms with Crippen LogP contribution in [0.25, 0.3) is 0 Å². The molecule has 17 heavy (non-hydrogen) atoms. The fourth-order valence-corrected chi connectivity index (χ4v) is 2.58. The van der Waals surface area contributed by atoms with Crippen molar-refractivity contribution in [2.24, 2.45) is 5.92 Å². The van der Waals surface area contributed by atoms with Gasteiger partial charge in [0.2, 0.25) is 0 Å². The molecule has 1 aliphatic carbocycles. The molecule has 1 fully saturated rings. The highest BCUT2D eigenvalue weighted by Crippen LogP contribution is 2.31. The zero-order valence-electron chi connectivity index (χ0n) is 10.4. The van der Waals surface area contributed by atoms with Crippen LogP contribution in [-0.4, -0.2) is 31.1 Å². The molecule has 1 atom stereocenters. The number of hydrogen-bond donors (Lipinski definition) is 0. The van der Waals surface area contributed by atoms with Crippen molar-refractivity contribution < 1.29 is 14.6 Å². The Bertz CT molecular complexity index is 378. The Hall–Kier alpha value is -1.45. The van der Waals surface area contributed by atoms with Crippen LogP contribution in [0.5, 0.6) is 0 Å². The van der Waals surface area contributed by atoms with Gasteiger partial charge in [-0.1, -0.05) is 18.8 Å². The van der Waals surface area contributed by atoms with Gasteiger partial charge in [0, 0.05) is 24.4 Å². The number of nitrogens with zero attached hydrogens (tertiary/aromatic N) is 1. The monoisotopic (exact) mass is 236 g/mol. The van der Waals surface area contributed by atoms with Crippen molar-refractivity contribution >= 4 is 5.97 Å². The Morgan fingerprint density at radius 2 is 2.12 bits per heavy atom. The summed E-state index contributed by atoms with van der Waals surface area (Å²) in [7, 11) is 1.31. The topological polar surface area (TPSA) is 52.6 Å². The highest BCUT2D eigenvalue weighted by Gasteiger charge is 2.26. The van der Waals surface area contributed by atoms with Crippen molar-refractivity contribution in [1.82, 2.24) is 4.90 Å². The second-order valence-corrected chi connectivity index (χ2v) is 4.70. The number of allylic oxidation sites excluding steroid dienone is 2. The van der Waals surface area contributed by atoms with Gasteiger partial charge in [-0.05, 0) is 25.2 Å². The summed E-state index contributed by atoms with van der Waals surface area (Å²) < 4.78 is 4.65. The summed E-state index contributed by atoms with van der Waals surface area (Å²) in [5, 5.41) is 11.9. The second kappa shape index (κ2) is 4.82. The number of methoxy groups -OCH3 is 1. The third-order valence-corrected chi connectivity index (χ3v) is 3.49. The van der Waals surface area contributed by atoms with Crippen LogP contribution in [0.4, 0.5) is 0 Å². The molecule has 2 rings (SSSR count). The van der Waals surface area contributed by atoms with Crippen LogP contribution in [-0.2, 0) is 9.53 Å². The molecule has 94 valence electrons. The molecule has 4 heteroatoms. The molecule has 1 heterocycles. The van der Waals surface area contributed by atoms with E-state index in [1.165, 1.54) is 20.0 Å². The van der Waals surface area contributed by atoms with Crippen molar-refractivity contribution in [3.63, 3.8) is 0 Å². The van der Waals surface area contributed by atoms with E-state index in [0.29, 0.717) is 0 Å². The van der Waals surface area contributed by atoms with E-state index in [1.807, 2.05) is 6.92 Å². The largest absolute Gasteiger partial charge is 0.872 e. The molecule has 0 amide bonds. The molecular formula is C13H18NO3-. The summed E-state index contributed by atoms with van der Waals surface area (Å²) in [6.07, 6.45) is 4.74. The minimum atomic E-state index is -0.487. The number of rotatable bonds is 2.